The number of nitrogens with one attached hydrogen (secondary N) is 1. The molecule has 1 aliphatic carbocycles. The third-order valence-corrected chi connectivity index (χ3v) is 7.35. The third-order valence-electron chi connectivity index (χ3n) is 5.92. The van der Waals surface area contributed by atoms with E-state index in [1.807, 2.05) is 36.4 Å². The van der Waals surface area contributed by atoms with Gasteiger partial charge in [-0.1, -0.05) is 31.0 Å². The minimum absolute atomic E-state index is 0.143. The number of thioether (sulfide) groups is 1. The van der Waals surface area contributed by atoms with Crippen molar-refractivity contribution in [1.82, 2.24) is 15.3 Å². The number of fused-ring (bicyclic) bond motifs is 3. The molecular weight excluding hydrogens is 410 g/mol. The Hall–Kier alpha value is -2.93. The number of rotatable bonds is 4. The van der Waals surface area contributed by atoms with Gasteiger partial charge in [0, 0.05) is 11.2 Å². The van der Waals surface area contributed by atoms with Crippen LogP contribution in [-0.4, -0.2) is 33.7 Å². The van der Waals surface area contributed by atoms with E-state index in [0.29, 0.717) is 39.1 Å². The Morgan fingerprint density at radius 2 is 1.77 bits per heavy atom. The van der Waals surface area contributed by atoms with E-state index in [9.17, 15) is 9.59 Å². The van der Waals surface area contributed by atoms with Crippen molar-refractivity contribution in [3.05, 3.63) is 58.6 Å². The summed E-state index contributed by atoms with van der Waals surface area (Å²) < 4.78 is 5.33. The highest BCUT2D eigenvalue weighted by molar-refractivity contribution is 8.04. The molecule has 0 saturated heterocycles. The topological polar surface area (TPSA) is 81.2 Å². The highest BCUT2D eigenvalue weighted by Crippen LogP contribution is 2.48. The molecule has 1 aromatic heterocycles. The van der Waals surface area contributed by atoms with Gasteiger partial charge in [0.15, 0.2) is 0 Å². The van der Waals surface area contributed by atoms with Gasteiger partial charge in [0.1, 0.15) is 5.52 Å². The molecule has 1 N–H and O–H groups in total. The number of amides is 1. The molecule has 2 aliphatic rings. The fourth-order valence-corrected chi connectivity index (χ4v) is 6.03. The fourth-order valence-electron chi connectivity index (χ4n) is 4.50. The maximum Gasteiger partial charge on any atom is 0.336 e. The quantitative estimate of drug-likeness (QED) is 0.479. The van der Waals surface area contributed by atoms with Crippen LogP contribution in [0.4, 0.5) is 0 Å². The van der Waals surface area contributed by atoms with Crippen molar-refractivity contribution in [3.8, 4) is 0 Å². The van der Waals surface area contributed by atoms with Crippen molar-refractivity contribution >= 4 is 45.7 Å². The number of carbonyl (C=O) groups is 2. The Morgan fingerprint density at radius 3 is 2.58 bits per heavy atom. The van der Waals surface area contributed by atoms with Gasteiger partial charge in [-0.15, -0.1) is 11.8 Å². The third kappa shape index (κ3) is 3.67. The molecule has 7 heteroatoms. The summed E-state index contributed by atoms with van der Waals surface area (Å²) in [6, 6.07) is 13.0. The molecule has 1 aliphatic heterocycles. The lowest BCUT2D eigenvalue weighted by molar-refractivity contribution is -0.139. The number of para-hydroxylation sites is 3. The summed E-state index contributed by atoms with van der Waals surface area (Å²) >= 11 is 1.60. The van der Waals surface area contributed by atoms with Crippen LogP contribution >= 0.6 is 11.8 Å². The molecule has 2 atom stereocenters. The number of carbonyl (C=O) groups excluding carboxylic acids is 2. The van der Waals surface area contributed by atoms with Gasteiger partial charge in [0.05, 0.1) is 39.3 Å². The Labute approximate surface area is 184 Å². The van der Waals surface area contributed by atoms with E-state index in [2.05, 4.69) is 10.3 Å². The van der Waals surface area contributed by atoms with Gasteiger partial charge < -0.3 is 10.1 Å². The standard InChI is InChI=1S/C24H23N3O3S/c1-2-30-24(29)20-14-8-3-6-13-19(14)31-23(20)27-22(28)15-9-7-12-18-21(15)26-17-11-5-4-10-16(17)25-18/h4-5,7,9-12,14,19H,2-3,6,8,13H2,1H3,(H,27,28). The van der Waals surface area contributed by atoms with Gasteiger partial charge in [0.2, 0.25) is 0 Å². The average Bonchev–Trinajstić information content (AvgIpc) is 3.15. The van der Waals surface area contributed by atoms with Crippen LogP contribution in [0, 0.1) is 5.92 Å². The van der Waals surface area contributed by atoms with Gasteiger partial charge in [-0.05, 0) is 44.0 Å². The Bertz CT molecular complexity index is 1220. The van der Waals surface area contributed by atoms with Crippen molar-refractivity contribution in [2.45, 2.75) is 37.9 Å². The smallest absolute Gasteiger partial charge is 0.336 e. The zero-order valence-corrected chi connectivity index (χ0v) is 18.1. The Kier molecular flexibility index (Phi) is 5.36. The number of hydrogen-bond acceptors (Lipinski definition) is 6. The van der Waals surface area contributed by atoms with E-state index in [0.717, 1.165) is 36.7 Å². The summed E-state index contributed by atoms with van der Waals surface area (Å²) in [7, 11) is 0. The van der Waals surface area contributed by atoms with Crippen LogP contribution in [0.5, 0.6) is 0 Å². The van der Waals surface area contributed by atoms with Gasteiger partial charge in [-0.3, -0.25) is 4.79 Å². The predicted molar refractivity (Wildman–Crippen MR) is 122 cm³/mol. The monoisotopic (exact) mass is 433 g/mol. The maximum absolute atomic E-state index is 13.3. The van der Waals surface area contributed by atoms with Crippen LogP contribution in [0.25, 0.3) is 22.1 Å². The van der Waals surface area contributed by atoms with Gasteiger partial charge in [-0.2, -0.15) is 0 Å². The first kappa shape index (κ1) is 20.0. The van der Waals surface area contributed by atoms with Gasteiger partial charge in [0.25, 0.3) is 5.91 Å². The van der Waals surface area contributed by atoms with Crippen LogP contribution in [0.3, 0.4) is 0 Å². The highest BCUT2D eigenvalue weighted by atomic mass is 32.2. The molecule has 0 bridgehead atoms. The van der Waals surface area contributed by atoms with Crippen LogP contribution in [0.15, 0.2) is 53.1 Å². The molecule has 31 heavy (non-hydrogen) atoms. The normalized spacial score (nSPS) is 20.7. The molecule has 3 aromatic rings. The lowest BCUT2D eigenvalue weighted by Gasteiger charge is -2.25. The highest BCUT2D eigenvalue weighted by Gasteiger charge is 2.41. The molecule has 0 spiro atoms. The van der Waals surface area contributed by atoms with Gasteiger partial charge in [-0.25, -0.2) is 14.8 Å². The summed E-state index contributed by atoms with van der Waals surface area (Å²) in [4.78, 5) is 35.4. The van der Waals surface area contributed by atoms with E-state index in [4.69, 9.17) is 9.72 Å². The molecule has 158 valence electrons. The van der Waals surface area contributed by atoms with Crippen molar-refractivity contribution in [2.75, 3.05) is 6.61 Å². The molecule has 2 unspecified atom stereocenters. The Balaban J connectivity index is 1.52. The summed E-state index contributed by atoms with van der Waals surface area (Å²) in [5.74, 6) is -0.453. The molecule has 5 rings (SSSR count). The van der Waals surface area contributed by atoms with E-state index in [1.54, 1.807) is 24.8 Å². The number of benzene rings is 2. The number of nitrogens with zero attached hydrogens (tertiary/aromatic N) is 2. The van der Waals surface area contributed by atoms with Crippen molar-refractivity contribution in [2.24, 2.45) is 5.92 Å². The van der Waals surface area contributed by atoms with E-state index < -0.39 is 0 Å². The fraction of sp³-hybridized carbons (Fsp3) is 0.333. The van der Waals surface area contributed by atoms with Crippen molar-refractivity contribution in [3.63, 3.8) is 0 Å². The number of ether oxygens (including phenoxy) is 1. The molecule has 1 fully saturated rings. The van der Waals surface area contributed by atoms with Crippen LogP contribution in [-0.2, 0) is 9.53 Å². The van der Waals surface area contributed by atoms with Crippen molar-refractivity contribution < 1.29 is 14.3 Å². The largest absolute Gasteiger partial charge is 0.463 e. The number of esters is 1. The zero-order valence-electron chi connectivity index (χ0n) is 17.3. The SMILES string of the molecule is CCOC(=O)C1=C(NC(=O)c2cccc3nc4ccccc4nc23)SC2CCCCC12. The Morgan fingerprint density at radius 1 is 1.03 bits per heavy atom. The molecule has 6 nitrogen and oxygen atoms in total. The first-order valence-corrected chi connectivity index (χ1v) is 11.6. The lowest BCUT2D eigenvalue weighted by atomic mass is 9.84. The van der Waals surface area contributed by atoms with Crippen molar-refractivity contribution in [1.29, 1.82) is 0 Å². The van der Waals surface area contributed by atoms with E-state index in [1.165, 1.54) is 0 Å². The average molecular weight is 434 g/mol. The van der Waals surface area contributed by atoms with Crippen LogP contribution < -0.4 is 5.32 Å². The van der Waals surface area contributed by atoms with E-state index in [-0.39, 0.29) is 17.8 Å². The second-order valence-electron chi connectivity index (χ2n) is 7.85. The lowest BCUT2D eigenvalue weighted by Crippen LogP contribution is -2.26. The first-order valence-electron chi connectivity index (χ1n) is 10.7. The number of aromatic nitrogens is 2. The second kappa shape index (κ2) is 8.30. The molecule has 1 saturated carbocycles. The minimum atomic E-state index is -0.316. The second-order valence-corrected chi connectivity index (χ2v) is 9.10. The summed E-state index contributed by atoms with van der Waals surface area (Å²) in [5, 5.41) is 3.97. The van der Waals surface area contributed by atoms with Gasteiger partial charge >= 0.3 is 5.97 Å². The molecule has 2 heterocycles. The molecule has 1 amide bonds. The zero-order chi connectivity index (χ0) is 21.4. The minimum Gasteiger partial charge on any atom is -0.463 e. The number of hydrogen-bond donors (Lipinski definition) is 1. The van der Waals surface area contributed by atoms with Crippen LogP contribution in [0.1, 0.15) is 43.0 Å². The molecular formula is C24H23N3O3S. The molecule has 0 radical (unpaired) electrons. The first-order chi connectivity index (χ1) is 15.2. The van der Waals surface area contributed by atoms with E-state index >= 15 is 0 Å². The summed E-state index contributed by atoms with van der Waals surface area (Å²) in [5.41, 5.74) is 3.82. The van der Waals surface area contributed by atoms with Crippen LogP contribution in [0.2, 0.25) is 0 Å². The molecule has 2 aromatic carbocycles. The predicted octanol–water partition coefficient (Wildman–Crippen LogP) is 4.59. The summed E-state index contributed by atoms with van der Waals surface area (Å²) in [6.07, 6.45) is 4.25. The maximum atomic E-state index is 13.3. The summed E-state index contributed by atoms with van der Waals surface area (Å²) in [6.45, 7) is 2.12.